The fourth-order valence-electron chi connectivity index (χ4n) is 2.63. The SMILES string of the molecule is C#CCOc1c(Cl)cc(/C=C(\CC(=O)[O-])c2nc3ccccc3s2)cc1OC. The number of para-hydroxylation sites is 1. The van der Waals surface area contributed by atoms with Gasteiger partial charge in [0, 0.05) is 12.4 Å². The van der Waals surface area contributed by atoms with Crippen molar-refractivity contribution >= 4 is 50.8 Å². The smallest absolute Gasteiger partial charge is 0.181 e. The highest BCUT2D eigenvalue weighted by molar-refractivity contribution is 7.19. The highest BCUT2D eigenvalue weighted by atomic mass is 35.5. The minimum atomic E-state index is -1.20. The Labute approximate surface area is 171 Å². The van der Waals surface area contributed by atoms with Gasteiger partial charge in [-0.15, -0.1) is 17.8 Å². The second kappa shape index (κ2) is 8.79. The first-order valence-corrected chi connectivity index (χ1v) is 9.41. The number of halogens is 1. The molecule has 0 N–H and O–H groups in total. The largest absolute Gasteiger partial charge is 0.550 e. The van der Waals surface area contributed by atoms with E-state index in [0.717, 1.165) is 10.2 Å². The van der Waals surface area contributed by atoms with Gasteiger partial charge in [-0.3, -0.25) is 0 Å². The van der Waals surface area contributed by atoms with Crippen molar-refractivity contribution in [1.29, 1.82) is 0 Å². The van der Waals surface area contributed by atoms with E-state index in [2.05, 4.69) is 10.9 Å². The van der Waals surface area contributed by atoms with Gasteiger partial charge in [0.1, 0.15) is 11.6 Å². The summed E-state index contributed by atoms with van der Waals surface area (Å²) in [6.07, 6.45) is 6.64. The lowest BCUT2D eigenvalue weighted by atomic mass is 10.1. The number of ether oxygens (including phenoxy) is 2. The van der Waals surface area contributed by atoms with Crippen LogP contribution in [-0.4, -0.2) is 24.7 Å². The lowest BCUT2D eigenvalue weighted by molar-refractivity contribution is -0.304. The fourth-order valence-corrected chi connectivity index (χ4v) is 3.88. The van der Waals surface area contributed by atoms with E-state index in [9.17, 15) is 9.90 Å². The van der Waals surface area contributed by atoms with Crippen molar-refractivity contribution in [3.05, 3.63) is 52.0 Å². The van der Waals surface area contributed by atoms with E-state index in [0.29, 0.717) is 32.7 Å². The highest BCUT2D eigenvalue weighted by Gasteiger charge is 2.14. The maximum absolute atomic E-state index is 11.3. The molecule has 142 valence electrons. The van der Waals surface area contributed by atoms with Gasteiger partial charge >= 0.3 is 0 Å². The lowest BCUT2D eigenvalue weighted by Crippen LogP contribution is -2.22. The third-order valence-electron chi connectivity index (χ3n) is 3.80. The molecule has 0 aliphatic rings. The number of carbonyl (C=O) groups is 1. The average Bonchev–Trinajstić information content (AvgIpc) is 3.10. The molecule has 1 heterocycles. The first-order valence-electron chi connectivity index (χ1n) is 8.22. The van der Waals surface area contributed by atoms with E-state index < -0.39 is 5.97 Å². The molecule has 0 saturated heterocycles. The zero-order chi connectivity index (χ0) is 20.1. The summed E-state index contributed by atoms with van der Waals surface area (Å²) in [4.78, 5) is 15.8. The number of methoxy groups -OCH3 is 1. The molecule has 3 rings (SSSR count). The van der Waals surface area contributed by atoms with Crippen LogP contribution in [0.3, 0.4) is 0 Å². The minimum Gasteiger partial charge on any atom is -0.550 e. The monoisotopic (exact) mass is 412 g/mol. The van der Waals surface area contributed by atoms with Gasteiger partial charge in [-0.1, -0.05) is 29.7 Å². The van der Waals surface area contributed by atoms with Crippen LogP contribution in [0, 0.1) is 12.3 Å². The summed E-state index contributed by atoms with van der Waals surface area (Å²) in [5, 5.41) is 12.2. The number of carboxylic acid groups (broad SMARTS) is 1. The number of nitrogens with zero attached hydrogens (tertiary/aromatic N) is 1. The predicted molar refractivity (Wildman–Crippen MR) is 109 cm³/mol. The molecule has 0 bridgehead atoms. The van der Waals surface area contributed by atoms with Crippen LogP contribution >= 0.6 is 22.9 Å². The summed E-state index contributed by atoms with van der Waals surface area (Å²) in [7, 11) is 1.48. The number of thiazole rings is 1. The average molecular weight is 413 g/mol. The number of hydrogen-bond donors (Lipinski definition) is 0. The Morgan fingerprint density at radius 2 is 2.18 bits per heavy atom. The number of aromatic nitrogens is 1. The summed E-state index contributed by atoms with van der Waals surface area (Å²) in [6, 6.07) is 11.0. The van der Waals surface area contributed by atoms with Crippen molar-refractivity contribution in [3.63, 3.8) is 0 Å². The third-order valence-corrected chi connectivity index (χ3v) is 5.19. The van der Waals surface area contributed by atoms with Crippen LogP contribution in [-0.2, 0) is 4.79 Å². The van der Waals surface area contributed by atoms with E-state index in [4.69, 9.17) is 27.5 Å². The molecule has 0 saturated carbocycles. The number of carboxylic acids is 1. The van der Waals surface area contributed by atoms with Crippen molar-refractivity contribution in [1.82, 2.24) is 4.98 Å². The molecule has 0 fully saturated rings. The molecule has 5 nitrogen and oxygen atoms in total. The molecule has 2 aromatic carbocycles. The molecule has 0 aliphatic heterocycles. The number of terminal acetylenes is 1. The van der Waals surface area contributed by atoms with E-state index in [1.807, 2.05) is 24.3 Å². The van der Waals surface area contributed by atoms with Gasteiger partial charge in [0.05, 0.1) is 22.3 Å². The molecular formula is C21H15ClNO4S-. The summed E-state index contributed by atoms with van der Waals surface area (Å²) in [6.45, 7) is 0.0485. The molecule has 1 aromatic heterocycles. The fraction of sp³-hybridized carbons (Fsp3) is 0.143. The van der Waals surface area contributed by atoms with Crippen molar-refractivity contribution in [2.75, 3.05) is 13.7 Å². The topological polar surface area (TPSA) is 71.5 Å². The Hall–Kier alpha value is -3.01. The lowest BCUT2D eigenvalue weighted by Gasteiger charge is -2.12. The van der Waals surface area contributed by atoms with Gasteiger partial charge in [0.25, 0.3) is 0 Å². The van der Waals surface area contributed by atoms with Crippen LogP contribution in [0.2, 0.25) is 5.02 Å². The van der Waals surface area contributed by atoms with Crippen LogP contribution < -0.4 is 14.6 Å². The Morgan fingerprint density at radius 1 is 1.39 bits per heavy atom. The molecule has 3 aromatic rings. The molecule has 0 amide bonds. The van der Waals surface area contributed by atoms with Gasteiger partial charge in [0.15, 0.2) is 11.5 Å². The predicted octanol–water partition coefficient (Wildman–Crippen LogP) is 3.65. The van der Waals surface area contributed by atoms with Crippen molar-refractivity contribution in [3.8, 4) is 23.8 Å². The number of hydrogen-bond acceptors (Lipinski definition) is 6. The highest BCUT2D eigenvalue weighted by Crippen LogP contribution is 2.38. The zero-order valence-electron chi connectivity index (χ0n) is 14.9. The van der Waals surface area contributed by atoms with Crippen LogP contribution in [0.25, 0.3) is 21.9 Å². The van der Waals surface area contributed by atoms with Gasteiger partial charge < -0.3 is 19.4 Å². The quantitative estimate of drug-likeness (QED) is 0.554. The van der Waals surface area contributed by atoms with Crippen molar-refractivity contribution in [2.24, 2.45) is 0 Å². The van der Waals surface area contributed by atoms with E-state index in [1.165, 1.54) is 18.4 Å². The van der Waals surface area contributed by atoms with Crippen molar-refractivity contribution < 1.29 is 19.4 Å². The maximum atomic E-state index is 11.3. The van der Waals surface area contributed by atoms with E-state index in [-0.39, 0.29) is 13.0 Å². The van der Waals surface area contributed by atoms with E-state index in [1.54, 1.807) is 18.2 Å². The van der Waals surface area contributed by atoms with E-state index >= 15 is 0 Å². The van der Waals surface area contributed by atoms with Gasteiger partial charge in [-0.05, 0) is 41.5 Å². The van der Waals surface area contributed by atoms with Crippen LogP contribution in [0.1, 0.15) is 17.0 Å². The Balaban J connectivity index is 2.06. The number of rotatable bonds is 7. The maximum Gasteiger partial charge on any atom is 0.181 e. The summed E-state index contributed by atoms with van der Waals surface area (Å²) < 4.78 is 11.7. The first kappa shape index (κ1) is 19.7. The Kier molecular flexibility index (Phi) is 6.19. The number of aliphatic carboxylic acids is 1. The van der Waals surface area contributed by atoms with Crippen LogP contribution in [0.15, 0.2) is 36.4 Å². The van der Waals surface area contributed by atoms with Gasteiger partial charge in [-0.25, -0.2) is 4.98 Å². The Morgan fingerprint density at radius 3 is 2.86 bits per heavy atom. The van der Waals surface area contributed by atoms with Crippen LogP contribution in [0.5, 0.6) is 11.5 Å². The minimum absolute atomic E-state index is 0.0485. The second-order valence-electron chi connectivity index (χ2n) is 5.73. The first-order chi connectivity index (χ1) is 13.5. The standard InChI is InChI=1S/C21H16ClNO4S/c1-3-8-27-20-15(22)10-13(11-17(20)26-2)9-14(12-19(24)25)21-23-16-6-4-5-7-18(16)28-21/h1,4-7,9-11H,8,12H2,2H3,(H,24,25)/p-1/b14-9+. The molecule has 0 spiro atoms. The summed E-state index contributed by atoms with van der Waals surface area (Å²) in [5.41, 5.74) is 1.96. The van der Waals surface area contributed by atoms with Crippen LogP contribution in [0.4, 0.5) is 0 Å². The van der Waals surface area contributed by atoms with Crippen molar-refractivity contribution in [2.45, 2.75) is 6.42 Å². The molecule has 0 radical (unpaired) electrons. The normalized spacial score (nSPS) is 11.2. The summed E-state index contributed by atoms with van der Waals surface area (Å²) in [5.74, 6) is 1.90. The molecular weight excluding hydrogens is 398 g/mol. The number of fused-ring (bicyclic) bond motifs is 1. The molecule has 0 atom stereocenters. The zero-order valence-corrected chi connectivity index (χ0v) is 16.5. The van der Waals surface area contributed by atoms with Gasteiger partial charge in [-0.2, -0.15) is 0 Å². The number of benzene rings is 2. The molecule has 0 unspecified atom stereocenters. The number of carbonyl (C=O) groups excluding carboxylic acids is 1. The van der Waals surface area contributed by atoms with Gasteiger partial charge in [0.2, 0.25) is 0 Å². The second-order valence-corrected chi connectivity index (χ2v) is 7.17. The molecule has 0 aliphatic carbocycles. The Bertz CT molecular complexity index is 1060. The summed E-state index contributed by atoms with van der Waals surface area (Å²) >= 11 is 7.72. The molecule has 28 heavy (non-hydrogen) atoms. The molecule has 7 heteroatoms. The third kappa shape index (κ3) is 4.45.